The third kappa shape index (κ3) is 3.47. The van der Waals surface area contributed by atoms with Crippen LogP contribution in [0.3, 0.4) is 0 Å². The second kappa shape index (κ2) is 5.30. The van der Waals surface area contributed by atoms with Crippen LogP contribution in [0.15, 0.2) is 18.2 Å². The Hall–Kier alpha value is -2.04. The number of nitrogens with one attached hydrogen (secondary N) is 2. The third-order valence-corrected chi connectivity index (χ3v) is 3.45. The molecule has 0 aliphatic heterocycles. The van der Waals surface area contributed by atoms with Crippen LogP contribution in [0.5, 0.6) is 0 Å². The Morgan fingerprint density at radius 3 is 2.68 bits per heavy atom. The van der Waals surface area contributed by atoms with E-state index in [1.54, 1.807) is 18.2 Å². The Kier molecular flexibility index (Phi) is 3.74. The molecular formula is C14H18N2O3. The number of urea groups is 1. The summed E-state index contributed by atoms with van der Waals surface area (Å²) in [4.78, 5) is 22.8. The summed E-state index contributed by atoms with van der Waals surface area (Å²) in [5.41, 5.74) is 1.27. The number of aromatic carboxylic acids is 1. The number of carboxylic acid groups (broad SMARTS) is 1. The van der Waals surface area contributed by atoms with E-state index >= 15 is 0 Å². The van der Waals surface area contributed by atoms with Crippen LogP contribution in [0.2, 0.25) is 0 Å². The van der Waals surface area contributed by atoms with Crippen molar-refractivity contribution in [2.75, 3.05) is 11.9 Å². The summed E-state index contributed by atoms with van der Waals surface area (Å²) in [6, 6.07) is 4.56. The largest absolute Gasteiger partial charge is 0.478 e. The van der Waals surface area contributed by atoms with Crippen molar-refractivity contribution in [3.8, 4) is 0 Å². The third-order valence-electron chi connectivity index (χ3n) is 3.45. The molecule has 1 aliphatic carbocycles. The molecule has 19 heavy (non-hydrogen) atoms. The molecule has 5 heteroatoms. The lowest BCUT2D eigenvalue weighted by molar-refractivity contribution is 0.0698. The van der Waals surface area contributed by atoms with Gasteiger partial charge in [-0.1, -0.05) is 18.6 Å². The molecule has 1 aromatic carbocycles. The van der Waals surface area contributed by atoms with Gasteiger partial charge in [0.1, 0.15) is 0 Å². The van der Waals surface area contributed by atoms with Gasteiger partial charge in [-0.05, 0) is 37.3 Å². The molecule has 0 spiro atoms. The number of amides is 2. The molecule has 1 fully saturated rings. The van der Waals surface area contributed by atoms with Crippen LogP contribution in [0.4, 0.5) is 10.5 Å². The van der Waals surface area contributed by atoms with Gasteiger partial charge in [0.2, 0.25) is 0 Å². The van der Waals surface area contributed by atoms with Crippen molar-refractivity contribution in [2.24, 2.45) is 11.8 Å². The highest BCUT2D eigenvalue weighted by molar-refractivity contribution is 6.00. The average Bonchev–Trinajstić information content (AvgIpc) is 3.05. The van der Waals surface area contributed by atoms with Gasteiger partial charge in [0.05, 0.1) is 11.3 Å². The van der Waals surface area contributed by atoms with Crippen molar-refractivity contribution >= 4 is 17.7 Å². The van der Waals surface area contributed by atoms with Crippen LogP contribution in [0.25, 0.3) is 0 Å². The fourth-order valence-electron chi connectivity index (χ4n) is 2.02. The number of aryl methyl sites for hydroxylation is 1. The van der Waals surface area contributed by atoms with E-state index in [9.17, 15) is 9.59 Å². The molecule has 0 saturated heterocycles. The summed E-state index contributed by atoms with van der Waals surface area (Å²) >= 11 is 0. The van der Waals surface area contributed by atoms with E-state index in [1.807, 2.05) is 6.92 Å². The van der Waals surface area contributed by atoms with E-state index in [0.717, 1.165) is 12.0 Å². The van der Waals surface area contributed by atoms with E-state index in [4.69, 9.17) is 5.11 Å². The van der Waals surface area contributed by atoms with Gasteiger partial charge in [0.25, 0.3) is 0 Å². The lowest BCUT2D eigenvalue weighted by Crippen LogP contribution is -2.31. The molecule has 2 rings (SSSR count). The normalized spacial score (nSPS) is 20.7. The standard InChI is InChI=1S/C14H18N2O3/c1-8-3-4-12(11(5-8)13(17)18)16-14(19)15-7-10-6-9(10)2/h3-5,9-10H,6-7H2,1-2H3,(H,17,18)(H2,15,16,19). The highest BCUT2D eigenvalue weighted by atomic mass is 16.4. The molecule has 0 radical (unpaired) electrons. The van der Waals surface area contributed by atoms with Crippen molar-refractivity contribution in [3.05, 3.63) is 29.3 Å². The Morgan fingerprint density at radius 1 is 1.42 bits per heavy atom. The first-order valence-corrected chi connectivity index (χ1v) is 6.36. The summed E-state index contributed by atoms with van der Waals surface area (Å²) in [6.45, 7) is 4.60. The van der Waals surface area contributed by atoms with Gasteiger partial charge < -0.3 is 15.7 Å². The first kappa shape index (κ1) is 13.4. The maximum atomic E-state index is 11.7. The van der Waals surface area contributed by atoms with Crippen LogP contribution < -0.4 is 10.6 Å². The lowest BCUT2D eigenvalue weighted by atomic mass is 10.1. The Labute approximate surface area is 112 Å². The van der Waals surface area contributed by atoms with Crippen LogP contribution in [-0.2, 0) is 0 Å². The second-order valence-electron chi connectivity index (χ2n) is 5.16. The zero-order chi connectivity index (χ0) is 14.0. The van der Waals surface area contributed by atoms with Gasteiger partial charge in [0, 0.05) is 6.54 Å². The molecule has 0 heterocycles. The Bertz CT molecular complexity index is 513. The van der Waals surface area contributed by atoms with E-state index in [1.165, 1.54) is 0 Å². The minimum Gasteiger partial charge on any atom is -0.478 e. The molecule has 1 aliphatic rings. The fourth-order valence-corrected chi connectivity index (χ4v) is 2.02. The topological polar surface area (TPSA) is 78.4 Å². The van der Waals surface area contributed by atoms with Crippen molar-refractivity contribution in [1.82, 2.24) is 5.32 Å². The van der Waals surface area contributed by atoms with Gasteiger partial charge in [-0.3, -0.25) is 0 Å². The zero-order valence-electron chi connectivity index (χ0n) is 11.1. The molecule has 1 saturated carbocycles. The van der Waals surface area contributed by atoms with Crippen LogP contribution in [0, 0.1) is 18.8 Å². The fraction of sp³-hybridized carbons (Fsp3) is 0.429. The summed E-state index contributed by atoms with van der Waals surface area (Å²) in [5, 5.41) is 14.4. The molecule has 0 bridgehead atoms. The van der Waals surface area contributed by atoms with Gasteiger partial charge in [-0.2, -0.15) is 0 Å². The van der Waals surface area contributed by atoms with Crippen molar-refractivity contribution in [2.45, 2.75) is 20.3 Å². The summed E-state index contributed by atoms with van der Waals surface area (Å²) in [5.74, 6) is 0.187. The van der Waals surface area contributed by atoms with E-state index in [-0.39, 0.29) is 11.6 Å². The quantitative estimate of drug-likeness (QED) is 0.780. The van der Waals surface area contributed by atoms with Crippen LogP contribution >= 0.6 is 0 Å². The molecule has 1 aromatic rings. The number of anilines is 1. The van der Waals surface area contributed by atoms with E-state index < -0.39 is 5.97 Å². The van der Waals surface area contributed by atoms with Crippen molar-refractivity contribution < 1.29 is 14.7 Å². The first-order valence-electron chi connectivity index (χ1n) is 6.36. The predicted molar refractivity (Wildman–Crippen MR) is 72.4 cm³/mol. The summed E-state index contributed by atoms with van der Waals surface area (Å²) in [6.07, 6.45) is 1.14. The van der Waals surface area contributed by atoms with E-state index in [0.29, 0.717) is 24.1 Å². The molecule has 3 N–H and O–H groups in total. The highest BCUT2D eigenvalue weighted by Gasteiger charge is 2.32. The molecule has 2 amide bonds. The van der Waals surface area contributed by atoms with Gasteiger partial charge in [0.15, 0.2) is 0 Å². The number of carbonyl (C=O) groups is 2. The summed E-state index contributed by atoms with van der Waals surface area (Å²) < 4.78 is 0. The minimum absolute atomic E-state index is 0.106. The highest BCUT2D eigenvalue weighted by Crippen LogP contribution is 2.36. The maximum absolute atomic E-state index is 11.7. The minimum atomic E-state index is -1.05. The molecule has 2 atom stereocenters. The lowest BCUT2D eigenvalue weighted by Gasteiger charge is -2.10. The van der Waals surface area contributed by atoms with Gasteiger partial charge >= 0.3 is 12.0 Å². The number of rotatable bonds is 4. The van der Waals surface area contributed by atoms with Crippen LogP contribution in [-0.4, -0.2) is 23.7 Å². The Morgan fingerprint density at radius 2 is 2.11 bits per heavy atom. The first-order chi connectivity index (χ1) is 8.97. The number of benzene rings is 1. The molecule has 0 aromatic heterocycles. The predicted octanol–water partition coefficient (Wildman–Crippen LogP) is 2.47. The monoisotopic (exact) mass is 262 g/mol. The number of carbonyl (C=O) groups excluding carboxylic acids is 1. The Balaban J connectivity index is 1.97. The average molecular weight is 262 g/mol. The number of hydrogen-bond acceptors (Lipinski definition) is 2. The number of carboxylic acids is 1. The van der Waals surface area contributed by atoms with Crippen LogP contribution in [0.1, 0.15) is 29.3 Å². The SMILES string of the molecule is Cc1ccc(NC(=O)NCC2CC2C)c(C(=O)O)c1. The summed E-state index contributed by atoms with van der Waals surface area (Å²) in [7, 11) is 0. The maximum Gasteiger partial charge on any atom is 0.337 e. The van der Waals surface area contributed by atoms with E-state index in [2.05, 4.69) is 17.6 Å². The van der Waals surface area contributed by atoms with Crippen molar-refractivity contribution in [1.29, 1.82) is 0 Å². The molecular weight excluding hydrogens is 244 g/mol. The zero-order valence-corrected chi connectivity index (χ0v) is 11.1. The van der Waals surface area contributed by atoms with Gasteiger partial charge in [-0.15, -0.1) is 0 Å². The second-order valence-corrected chi connectivity index (χ2v) is 5.16. The van der Waals surface area contributed by atoms with Gasteiger partial charge in [-0.25, -0.2) is 9.59 Å². The van der Waals surface area contributed by atoms with Crippen molar-refractivity contribution in [3.63, 3.8) is 0 Å². The molecule has 102 valence electrons. The molecule has 5 nitrogen and oxygen atoms in total. The molecule has 2 unspecified atom stereocenters. The smallest absolute Gasteiger partial charge is 0.337 e. The number of hydrogen-bond donors (Lipinski definition) is 3.